The zero-order chi connectivity index (χ0) is 21.1. The molecule has 1 N–H and O–H groups in total. The number of carbonyl (C=O) groups is 1. The molecule has 0 amide bonds. The van der Waals surface area contributed by atoms with Crippen LogP contribution in [0.4, 0.5) is 0 Å². The number of likely N-dealkylation sites (tertiary alicyclic amines) is 1. The topological polar surface area (TPSA) is 66.4 Å². The highest BCUT2D eigenvalue weighted by Crippen LogP contribution is 2.19. The van der Waals surface area contributed by atoms with Gasteiger partial charge in [0.15, 0.2) is 5.96 Å². The van der Waals surface area contributed by atoms with Gasteiger partial charge in [-0.1, -0.05) is 12.1 Å². The lowest BCUT2D eigenvalue weighted by Crippen LogP contribution is -2.46. The van der Waals surface area contributed by atoms with E-state index in [4.69, 9.17) is 14.5 Å². The SMILES string of the molecule is CCNC(=NCc1ccc(OCCCN(C)C)cc1)N1CCC(C(=O)OC)CC1.I. The van der Waals surface area contributed by atoms with Gasteiger partial charge in [0, 0.05) is 26.2 Å². The van der Waals surface area contributed by atoms with Crippen LogP contribution in [0.3, 0.4) is 0 Å². The van der Waals surface area contributed by atoms with Crippen molar-refractivity contribution in [2.75, 3.05) is 54.0 Å². The molecule has 2 rings (SSSR count). The van der Waals surface area contributed by atoms with E-state index in [1.807, 2.05) is 12.1 Å². The largest absolute Gasteiger partial charge is 0.494 e. The molecule has 0 unspecified atom stereocenters. The number of carbonyl (C=O) groups excluding carboxylic acids is 1. The van der Waals surface area contributed by atoms with Crippen molar-refractivity contribution in [3.8, 4) is 5.75 Å². The number of esters is 1. The second-order valence-electron chi connectivity index (χ2n) is 7.60. The Balaban J connectivity index is 0.00000450. The quantitative estimate of drug-likeness (QED) is 0.174. The van der Waals surface area contributed by atoms with Crippen LogP contribution in [0.1, 0.15) is 31.7 Å². The van der Waals surface area contributed by atoms with Crippen LogP contribution in [0, 0.1) is 5.92 Å². The first-order valence-corrected chi connectivity index (χ1v) is 10.5. The maximum Gasteiger partial charge on any atom is 0.308 e. The smallest absolute Gasteiger partial charge is 0.308 e. The van der Waals surface area contributed by atoms with Crippen molar-refractivity contribution in [3.63, 3.8) is 0 Å². The van der Waals surface area contributed by atoms with Crippen LogP contribution in [-0.2, 0) is 16.1 Å². The Morgan fingerprint density at radius 3 is 2.47 bits per heavy atom. The Hall–Kier alpha value is -1.55. The highest BCUT2D eigenvalue weighted by Gasteiger charge is 2.26. The van der Waals surface area contributed by atoms with Crippen LogP contribution in [0.2, 0.25) is 0 Å². The van der Waals surface area contributed by atoms with Crippen molar-refractivity contribution in [1.82, 2.24) is 15.1 Å². The van der Waals surface area contributed by atoms with Gasteiger partial charge in [-0.3, -0.25) is 4.79 Å². The van der Waals surface area contributed by atoms with Crippen molar-refractivity contribution < 1.29 is 14.3 Å². The summed E-state index contributed by atoms with van der Waals surface area (Å²) in [6, 6.07) is 8.15. The molecule has 1 aromatic carbocycles. The molecule has 1 heterocycles. The Kier molecular flexibility index (Phi) is 12.8. The van der Waals surface area contributed by atoms with Crippen molar-refractivity contribution in [1.29, 1.82) is 0 Å². The zero-order valence-electron chi connectivity index (χ0n) is 18.7. The summed E-state index contributed by atoms with van der Waals surface area (Å²) >= 11 is 0. The zero-order valence-corrected chi connectivity index (χ0v) is 21.1. The number of ether oxygens (including phenoxy) is 2. The van der Waals surface area contributed by atoms with E-state index in [2.05, 4.69) is 48.3 Å². The Labute approximate surface area is 198 Å². The number of methoxy groups -OCH3 is 1. The first kappa shape index (κ1) is 26.5. The number of guanidine groups is 1. The van der Waals surface area contributed by atoms with E-state index < -0.39 is 0 Å². The van der Waals surface area contributed by atoms with Gasteiger partial charge in [0.2, 0.25) is 0 Å². The molecule has 0 atom stereocenters. The summed E-state index contributed by atoms with van der Waals surface area (Å²) in [5, 5.41) is 3.37. The lowest BCUT2D eigenvalue weighted by Gasteiger charge is -2.33. The van der Waals surface area contributed by atoms with Crippen LogP contribution in [-0.4, -0.2) is 75.7 Å². The molecule has 1 fully saturated rings. The number of nitrogens with one attached hydrogen (secondary N) is 1. The first-order chi connectivity index (χ1) is 14.0. The fourth-order valence-electron chi connectivity index (χ4n) is 3.35. The molecule has 0 spiro atoms. The fraction of sp³-hybridized carbons (Fsp3) is 0.636. The monoisotopic (exact) mass is 532 g/mol. The molecular weight excluding hydrogens is 495 g/mol. The molecule has 0 radical (unpaired) electrons. The molecule has 1 aromatic rings. The fourth-order valence-corrected chi connectivity index (χ4v) is 3.35. The molecule has 8 heteroatoms. The van der Waals surface area contributed by atoms with Crippen LogP contribution < -0.4 is 10.1 Å². The maximum atomic E-state index is 11.7. The number of aliphatic imine (C=N–C) groups is 1. The minimum Gasteiger partial charge on any atom is -0.494 e. The van der Waals surface area contributed by atoms with Gasteiger partial charge in [-0.15, -0.1) is 24.0 Å². The number of nitrogens with zero attached hydrogens (tertiary/aromatic N) is 3. The molecule has 0 aliphatic carbocycles. The standard InChI is InChI=1S/C22H36N4O3.HI/c1-5-23-22(26-14-11-19(12-15-26)21(27)28-4)24-17-18-7-9-20(10-8-18)29-16-6-13-25(2)3;/h7-10,19H,5-6,11-17H2,1-4H3,(H,23,24);1H. The van der Waals surface area contributed by atoms with Crippen molar-refractivity contribution in [3.05, 3.63) is 29.8 Å². The average molecular weight is 532 g/mol. The number of halogens is 1. The third-order valence-electron chi connectivity index (χ3n) is 5.02. The van der Waals surface area contributed by atoms with E-state index in [9.17, 15) is 4.79 Å². The number of hydrogen-bond acceptors (Lipinski definition) is 5. The summed E-state index contributed by atoms with van der Waals surface area (Å²) in [5.41, 5.74) is 1.14. The van der Waals surface area contributed by atoms with Gasteiger partial charge in [-0.2, -0.15) is 0 Å². The second kappa shape index (κ2) is 14.5. The molecule has 1 aliphatic heterocycles. The summed E-state index contributed by atoms with van der Waals surface area (Å²) in [5.74, 6) is 1.70. The summed E-state index contributed by atoms with van der Waals surface area (Å²) in [4.78, 5) is 20.9. The first-order valence-electron chi connectivity index (χ1n) is 10.5. The van der Waals surface area contributed by atoms with Gasteiger partial charge >= 0.3 is 5.97 Å². The predicted molar refractivity (Wildman–Crippen MR) is 132 cm³/mol. The van der Waals surface area contributed by atoms with Crippen LogP contribution >= 0.6 is 24.0 Å². The van der Waals surface area contributed by atoms with E-state index in [-0.39, 0.29) is 35.9 Å². The van der Waals surface area contributed by atoms with E-state index >= 15 is 0 Å². The Morgan fingerprint density at radius 2 is 1.90 bits per heavy atom. The van der Waals surface area contributed by atoms with E-state index in [0.717, 1.165) is 69.3 Å². The van der Waals surface area contributed by atoms with Gasteiger partial charge in [-0.05, 0) is 58.0 Å². The summed E-state index contributed by atoms with van der Waals surface area (Å²) < 4.78 is 10.7. The van der Waals surface area contributed by atoms with Crippen molar-refractivity contribution >= 4 is 35.9 Å². The van der Waals surface area contributed by atoms with Gasteiger partial charge in [0.25, 0.3) is 0 Å². The normalized spacial score (nSPS) is 15.0. The van der Waals surface area contributed by atoms with Gasteiger partial charge in [-0.25, -0.2) is 4.99 Å². The van der Waals surface area contributed by atoms with Crippen molar-refractivity contribution in [2.24, 2.45) is 10.9 Å². The molecule has 7 nitrogen and oxygen atoms in total. The van der Waals surface area contributed by atoms with E-state index in [0.29, 0.717) is 6.54 Å². The van der Waals surface area contributed by atoms with Gasteiger partial charge in [0.05, 0.1) is 26.2 Å². The third kappa shape index (κ3) is 9.07. The molecule has 30 heavy (non-hydrogen) atoms. The molecule has 0 saturated carbocycles. The Morgan fingerprint density at radius 1 is 1.23 bits per heavy atom. The number of hydrogen-bond donors (Lipinski definition) is 1. The van der Waals surface area contributed by atoms with Crippen LogP contribution in [0.15, 0.2) is 29.3 Å². The predicted octanol–water partition coefficient (Wildman–Crippen LogP) is 2.99. The molecule has 1 aliphatic rings. The van der Waals surface area contributed by atoms with E-state index in [1.165, 1.54) is 7.11 Å². The highest BCUT2D eigenvalue weighted by molar-refractivity contribution is 14.0. The maximum absolute atomic E-state index is 11.7. The molecular formula is C22H37IN4O3. The average Bonchev–Trinajstić information content (AvgIpc) is 2.74. The van der Waals surface area contributed by atoms with Crippen LogP contribution in [0.25, 0.3) is 0 Å². The summed E-state index contributed by atoms with van der Waals surface area (Å²) in [6.45, 7) is 6.87. The summed E-state index contributed by atoms with van der Waals surface area (Å²) in [7, 11) is 5.59. The number of piperidine rings is 1. The lowest BCUT2D eigenvalue weighted by atomic mass is 9.97. The number of benzene rings is 1. The third-order valence-corrected chi connectivity index (χ3v) is 5.02. The van der Waals surface area contributed by atoms with Crippen molar-refractivity contribution in [2.45, 2.75) is 32.7 Å². The molecule has 0 bridgehead atoms. The highest BCUT2D eigenvalue weighted by atomic mass is 127. The van der Waals surface area contributed by atoms with Gasteiger partial charge in [0.1, 0.15) is 5.75 Å². The second-order valence-corrected chi connectivity index (χ2v) is 7.60. The molecule has 1 saturated heterocycles. The lowest BCUT2D eigenvalue weighted by molar-refractivity contribution is -0.146. The minimum absolute atomic E-state index is 0. The van der Waals surface area contributed by atoms with Crippen LogP contribution in [0.5, 0.6) is 5.75 Å². The van der Waals surface area contributed by atoms with Gasteiger partial charge < -0.3 is 24.6 Å². The number of rotatable bonds is 9. The molecule has 170 valence electrons. The molecule has 0 aromatic heterocycles. The minimum atomic E-state index is -0.101. The summed E-state index contributed by atoms with van der Waals surface area (Å²) in [6.07, 6.45) is 2.62. The van der Waals surface area contributed by atoms with E-state index in [1.54, 1.807) is 0 Å². The Bertz CT molecular complexity index is 644.